The number of hydrogen-bond donors (Lipinski definition) is 1. The summed E-state index contributed by atoms with van der Waals surface area (Å²) < 4.78 is 5.27. The van der Waals surface area contributed by atoms with Gasteiger partial charge in [0, 0.05) is 0 Å². The van der Waals surface area contributed by atoms with Gasteiger partial charge in [0.1, 0.15) is 12.4 Å². The number of nitrogens with zero attached hydrogens (tertiary/aromatic N) is 1. The van der Waals surface area contributed by atoms with Gasteiger partial charge in [0.05, 0.1) is 10.7 Å². The summed E-state index contributed by atoms with van der Waals surface area (Å²) in [6.45, 7) is 1.90. The van der Waals surface area contributed by atoms with Crippen LogP contribution in [0.4, 0.5) is 0 Å². The third-order valence-corrected chi connectivity index (χ3v) is 1.76. The molecule has 0 aliphatic rings. The van der Waals surface area contributed by atoms with Crippen LogP contribution in [-0.2, 0) is 0 Å². The fourth-order valence-electron chi connectivity index (χ4n) is 0.773. The van der Waals surface area contributed by atoms with Gasteiger partial charge in [-0.3, -0.25) is 0 Å². The molecule has 1 aromatic carbocycles. The lowest BCUT2D eigenvalue weighted by Gasteiger charge is -2.05. The van der Waals surface area contributed by atoms with E-state index in [0.717, 1.165) is 0 Å². The first-order valence-corrected chi connectivity index (χ1v) is 4.16. The first-order chi connectivity index (χ1) is 6.24. The average Bonchev–Trinajstić information content (AvgIpc) is 2.16. The molecule has 0 unspecified atom stereocenters. The second-order valence-corrected chi connectivity index (χ2v) is 2.96. The van der Waals surface area contributed by atoms with Gasteiger partial charge in [-0.25, -0.2) is 0 Å². The maximum atomic E-state index is 8.36. The first-order valence-electron chi connectivity index (χ1n) is 3.79. The van der Waals surface area contributed by atoms with Crippen LogP contribution >= 0.6 is 11.6 Å². The van der Waals surface area contributed by atoms with Gasteiger partial charge in [-0.2, -0.15) is 0 Å². The summed E-state index contributed by atoms with van der Waals surface area (Å²) in [4.78, 5) is 0. The Labute approximate surface area is 81.6 Å². The van der Waals surface area contributed by atoms with Crippen LogP contribution in [0.3, 0.4) is 0 Å². The molecule has 1 rings (SSSR count). The van der Waals surface area contributed by atoms with E-state index in [2.05, 4.69) is 5.16 Å². The van der Waals surface area contributed by atoms with Crippen LogP contribution in [0.15, 0.2) is 29.4 Å². The van der Waals surface area contributed by atoms with Crippen molar-refractivity contribution in [1.29, 1.82) is 0 Å². The van der Waals surface area contributed by atoms with Gasteiger partial charge < -0.3 is 9.94 Å². The molecule has 0 spiro atoms. The zero-order valence-electron chi connectivity index (χ0n) is 7.20. The number of halogens is 1. The van der Waals surface area contributed by atoms with Crippen molar-refractivity contribution in [3.05, 3.63) is 29.3 Å². The van der Waals surface area contributed by atoms with Crippen LogP contribution in [0.1, 0.15) is 6.92 Å². The molecular formula is C9H10ClNO2. The largest absolute Gasteiger partial charge is 0.486 e. The van der Waals surface area contributed by atoms with Crippen molar-refractivity contribution in [3.63, 3.8) is 0 Å². The minimum absolute atomic E-state index is 0.236. The van der Waals surface area contributed by atoms with E-state index in [1.807, 2.05) is 12.1 Å². The standard InChI is InChI=1S/C9H10ClNO2/c1-7(11-12)6-13-9-5-3-2-4-8(9)10/h2-5,12H,6H2,1H3/b11-7+. The Hall–Kier alpha value is -1.22. The number of rotatable bonds is 3. The average molecular weight is 200 g/mol. The molecule has 0 atom stereocenters. The summed E-state index contributed by atoms with van der Waals surface area (Å²) in [6, 6.07) is 7.14. The molecular weight excluding hydrogens is 190 g/mol. The normalized spacial score (nSPS) is 11.4. The fraction of sp³-hybridized carbons (Fsp3) is 0.222. The highest BCUT2D eigenvalue weighted by Crippen LogP contribution is 2.22. The van der Waals surface area contributed by atoms with Gasteiger partial charge in [-0.15, -0.1) is 0 Å². The monoisotopic (exact) mass is 199 g/mol. The first kappa shape index (κ1) is 9.86. The highest BCUT2D eigenvalue weighted by Gasteiger charge is 1.99. The van der Waals surface area contributed by atoms with E-state index in [1.165, 1.54) is 0 Å². The van der Waals surface area contributed by atoms with E-state index >= 15 is 0 Å². The summed E-state index contributed by atoms with van der Waals surface area (Å²) >= 11 is 5.82. The molecule has 13 heavy (non-hydrogen) atoms. The van der Waals surface area contributed by atoms with Crippen molar-refractivity contribution < 1.29 is 9.94 Å². The summed E-state index contributed by atoms with van der Waals surface area (Å²) in [7, 11) is 0. The van der Waals surface area contributed by atoms with E-state index in [4.69, 9.17) is 21.5 Å². The minimum Gasteiger partial charge on any atom is -0.486 e. The Morgan fingerprint density at radius 3 is 2.85 bits per heavy atom. The van der Waals surface area contributed by atoms with E-state index in [-0.39, 0.29) is 6.61 Å². The second kappa shape index (κ2) is 4.72. The number of para-hydroxylation sites is 1. The van der Waals surface area contributed by atoms with Crippen LogP contribution in [0, 0.1) is 0 Å². The van der Waals surface area contributed by atoms with Gasteiger partial charge in [0.2, 0.25) is 0 Å². The SMILES string of the molecule is C/C(COc1ccccc1Cl)=N\O. The maximum Gasteiger partial charge on any atom is 0.138 e. The molecule has 70 valence electrons. The molecule has 1 N–H and O–H groups in total. The quantitative estimate of drug-likeness (QED) is 0.462. The molecule has 3 nitrogen and oxygen atoms in total. The van der Waals surface area contributed by atoms with E-state index in [0.29, 0.717) is 16.5 Å². The molecule has 0 fully saturated rings. The highest BCUT2D eigenvalue weighted by atomic mass is 35.5. The van der Waals surface area contributed by atoms with Gasteiger partial charge in [0.25, 0.3) is 0 Å². The Bertz CT molecular complexity index is 312. The predicted molar refractivity (Wildman–Crippen MR) is 51.8 cm³/mol. The Morgan fingerprint density at radius 1 is 1.54 bits per heavy atom. The number of ether oxygens (including phenoxy) is 1. The van der Waals surface area contributed by atoms with Crippen LogP contribution in [0.5, 0.6) is 5.75 Å². The number of benzene rings is 1. The van der Waals surface area contributed by atoms with Crippen molar-refractivity contribution >= 4 is 17.3 Å². The van der Waals surface area contributed by atoms with E-state index in [1.54, 1.807) is 19.1 Å². The summed E-state index contributed by atoms with van der Waals surface area (Å²) in [5.74, 6) is 0.590. The molecule has 0 aromatic heterocycles. The molecule has 0 aliphatic carbocycles. The third kappa shape index (κ3) is 2.95. The van der Waals surface area contributed by atoms with Gasteiger partial charge in [-0.1, -0.05) is 28.9 Å². The Balaban J connectivity index is 2.60. The smallest absolute Gasteiger partial charge is 0.138 e. The molecule has 0 saturated carbocycles. The maximum absolute atomic E-state index is 8.36. The third-order valence-electron chi connectivity index (χ3n) is 1.44. The summed E-state index contributed by atoms with van der Waals surface area (Å²) in [5, 5.41) is 11.9. The van der Waals surface area contributed by atoms with Crippen LogP contribution < -0.4 is 4.74 Å². The van der Waals surface area contributed by atoms with Crippen LogP contribution in [0.25, 0.3) is 0 Å². The molecule has 4 heteroatoms. The van der Waals surface area contributed by atoms with Crippen LogP contribution in [0.2, 0.25) is 5.02 Å². The van der Waals surface area contributed by atoms with E-state index < -0.39 is 0 Å². The summed E-state index contributed by atoms with van der Waals surface area (Å²) in [5.41, 5.74) is 0.500. The number of hydrogen-bond acceptors (Lipinski definition) is 3. The van der Waals surface area contributed by atoms with Gasteiger partial charge in [-0.05, 0) is 19.1 Å². The zero-order chi connectivity index (χ0) is 9.68. The predicted octanol–water partition coefficient (Wildman–Crippen LogP) is 2.57. The molecule has 0 radical (unpaired) electrons. The minimum atomic E-state index is 0.236. The van der Waals surface area contributed by atoms with Crippen molar-refractivity contribution in [2.45, 2.75) is 6.92 Å². The molecule has 0 saturated heterocycles. The van der Waals surface area contributed by atoms with Gasteiger partial charge in [0.15, 0.2) is 0 Å². The second-order valence-electron chi connectivity index (χ2n) is 2.55. The van der Waals surface area contributed by atoms with Crippen molar-refractivity contribution in [1.82, 2.24) is 0 Å². The van der Waals surface area contributed by atoms with Crippen LogP contribution in [-0.4, -0.2) is 17.5 Å². The zero-order valence-corrected chi connectivity index (χ0v) is 7.95. The van der Waals surface area contributed by atoms with Crippen molar-refractivity contribution in [3.8, 4) is 5.75 Å². The lowest BCUT2D eigenvalue weighted by Crippen LogP contribution is -2.07. The Kier molecular flexibility index (Phi) is 3.58. The number of oxime groups is 1. The van der Waals surface area contributed by atoms with Gasteiger partial charge >= 0.3 is 0 Å². The lowest BCUT2D eigenvalue weighted by atomic mass is 10.3. The fourth-order valence-corrected chi connectivity index (χ4v) is 0.963. The van der Waals surface area contributed by atoms with Crippen molar-refractivity contribution in [2.75, 3.05) is 6.61 Å². The topological polar surface area (TPSA) is 41.8 Å². The molecule has 0 bridgehead atoms. The van der Waals surface area contributed by atoms with Crippen molar-refractivity contribution in [2.24, 2.45) is 5.16 Å². The molecule has 1 aromatic rings. The lowest BCUT2D eigenvalue weighted by molar-refractivity contribution is 0.307. The summed E-state index contributed by atoms with van der Waals surface area (Å²) in [6.07, 6.45) is 0. The highest BCUT2D eigenvalue weighted by molar-refractivity contribution is 6.32. The molecule has 0 amide bonds. The Morgan fingerprint density at radius 2 is 2.23 bits per heavy atom. The van der Waals surface area contributed by atoms with E-state index in [9.17, 15) is 0 Å². The molecule has 0 heterocycles. The molecule has 0 aliphatic heterocycles.